The van der Waals surface area contributed by atoms with Crippen molar-refractivity contribution in [3.05, 3.63) is 391 Å². The maximum absolute atomic E-state index is 9.63. The third-order valence-corrected chi connectivity index (χ3v) is 22.6. The van der Waals surface area contributed by atoms with Crippen LogP contribution in [0.15, 0.2) is 352 Å². The van der Waals surface area contributed by atoms with Crippen molar-refractivity contribution in [2.45, 2.75) is 98.1 Å². The average molecular weight is 1420 g/mol. The lowest BCUT2D eigenvalue weighted by molar-refractivity contribution is 0.567. The van der Waals surface area contributed by atoms with E-state index in [1.165, 1.54) is 44.5 Å². The molecule has 4 nitrogen and oxygen atoms in total. The first-order valence-corrected chi connectivity index (χ1v) is 38.7. The van der Waals surface area contributed by atoms with Crippen LogP contribution < -0.4 is 31.1 Å². The molecular weight excluding hydrogens is 1330 g/mol. The topological polar surface area (TPSA) is 14.7 Å². The number of hydrogen-bond donors (Lipinski definition) is 0. The largest absolute Gasteiger partial charge is 0.338 e. The van der Waals surface area contributed by atoms with Crippen LogP contribution in [0.1, 0.15) is 108 Å². The minimum atomic E-state index is -0.431. The molecule has 0 saturated carbocycles. The van der Waals surface area contributed by atoms with Crippen molar-refractivity contribution in [3.8, 4) is 55.6 Å². The monoisotopic (exact) mass is 1420 g/mol. The van der Waals surface area contributed by atoms with Crippen molar-refractivity contribution in [3.63, 3.8) is 0 Å². The number of para-hydroxylation sites is 3. The quantitative estimate of drug-likeness (QED) is 0.0951. The Kier molecular flexibility index (Phi) is 16.2. The van der Waals surface area contributed by atoms with Crippen LogP contribution in [0.2, 0.25) is 0 Å². The summed E-state index contributed by atoms with van der Waals surface area (Å²) in [6, 6.07) is 116. The van der Waals surface area contributed by atoms with E-state index in [4.69, 9.17) is 4.11 Å². The highest BCUT2D eigenvalue weighted by Gasteiger charge is 2.44. The summed E-state index contributed by atoms with van der Waals surface area (Å²) in [5.74, 6) is 0. The highest BCUT2D eigenvalue weighted by atomic mass is 15.2. The van der Waals surface area contributed by atoms with Gasteiger partial charge in [0.15, 0.2) is 0 Å². The zero-order valence-electron chi connectivity index (χ0n) is 69.1. The van der Waals surface area contributed by atoms with E-state index in [0.717, 1.165) is 123 Å². The minimum Gasteiger partial charge on any atom is -0.338 e. The Morgan fingerprint density at radius 2 is 0.818 bits per heavy atom. The molecule has 5 heteroatoms. The molecule has 0 saturated heterocycles. The zero-order chi connectivity index (χ0) is 79.3. The molecule has 0 aliphatic carbocycles. The average Bonchev–Trinajstić information content (AvgIpc) is 1.17. The summed E-state index contributed by atoms with van der Waals surface area (Å²) in [4.78, 5) is 7.46. The summed E-state index contributed by atoms with van der Waals surface area (Å²) in [7, 11) is 0. The lowest BCUT2D eigenvalue weighted by Crippen LogP contribution is -2.62. The van der Waals surface area contributed by atoms with E-state index in [0.29, 0.717) is 25.1 Å². The summed E-state index contributed by atoms with van der Waals surface area (Å²) in [5, 5.41) is 2.28. The fraction of sp³-hybridized carbons (Fsp3) is 0.143. The van der Waals surface area contributed by atoms with Crippen LogP contribution in [-0.4, -0.2) is 11.3 Å². The molecule has 0 radical (unpaired) electrons. The minimum absolute atomic E-state index is 0.0953. The molecule has 2 aliphatic rings. The Morgan fingerprint density at radius 3 is 1.39 bits per heavy atom. The third kappa shape index (κ3) is 13.1. The molecule has 0 fully saturated rings. The fourth-order valence-corrected chi connectivity index (χ4v) is 16.9. The third-order valence-electron chi connectivity index (χ3n) is 22.6. The second-order valence-electron chi connectivity index (χ2n) is 33.0. The molecule has 2 aliphatic heterocycles. The number of fused-ring (bicyclic) bond motifs is 7. The molecule has 16 aromatic rings. The van der Waals surface area contributed by atoms with E-state index in [1.807, 2.05) is 6.07 Å². The van der Waals surface area contributed by atoms with Crippen LogP contribution in [0.5, 0.6) is 0 Å². The number of aromatic nitrogens is 1. The standard InChI is InChI=1S/C105H91BN4/c1-103(2,3)82-56-72(57-83(65-82)104(4,5)6)55-71-49-52-94-98(58-71)108(70-93-90(77-39-23-13-24-40-77)66-84(105(7,8)9)67-91(93)78-41-25-14-26-42-78)100-59-73(69-107-96-48-32-31-47-89(96)92-68-87(51-54-97(92)107)109(85-43-27-15-28-44-85)86-45-29-16-30-46-86)60-101-102(100)106(94)95-53-50-79(74-33-17-10-18-34-74)64-99(95)110(101)88-62-80(75-35-19-11-20-36-75)61-81(63-88)76-37-21-12-22-38-76/h10-54,56-68H,55,69-70H2,1-9H3/i10D,17D,18D,33D,34D. The van der Waals surface area contributed by atoms with Gasteiger partial charge < -0.3 is 19.3 Å². The van der Waals surface area contributed by atoms with Crippen LogP contribution >= 0.6 is 0 Å². The van der Waals surface area contributed by atoms with Gasteiger partial charge in [-0.05, 0) is 225 Å². The first-order valence-electron chi connectivity index (χ1n) is 41.2. The van der Waals surface area contributed by atoms with Gasteiger partial charge >= 0.3 is 0 Å². The van der Waals surface area contributed by atoms with Crippen LogP contribution in [0.3, 0.4) is 0 Å². The number of anilines is 8. The van der Waals surface area contributed by atoms with Gasteiger partial charge in [-0.1, -0.05) is 323 Å². The first kappa shape index (κ1) is 63.6. The van der Waals surface area contributed by atoms with Gasteiger partial charge in [-0.25, -0.2) is 0 Å². The molecular formula is C105H91BN4. The number of hydrogen-bond acceptors (Lipinski definition) is 3. The van der Waals surface area contributed by atoms with Gasteiger partial charge in [0.05, 0.1) is 6.85 Å². The molecule has 1 aromatic heterocycles. The summed E-state index contributed by atoms with van der Waals surface area (Å²) in [6.07, 6.45) is 0.693. The van der Waals surface area contributed by atoms with Crippen LogP contribution in [0.4, 0.5) is 45.5 Å². The second kappa shape index (κ2) is 28.0. The second-order valence-corrected chi connectivity index (χ2v) is 33.0. The molecule has 15 aromatic carbocycles. The van der Waals surface area contributed by atoms with E-state index in [1.54, 1.807) is 0 Å². The van der Waals surface area contributed by atoms with Crippen LogP contribution in [0.25, 0.3) is 77.4 Å². The molecule has 0 spiro atoms. The van der Waals surface area contributed by atoms with E-state index < -0.39 is 6.04 Å². The Labute approximate surface area is 657 Å². The van der Waals surface area contributed by atoms with Gasteiger partial charge in [-0.15, -0.1) is 0 Å². The molecule has 0 atom stereocenters. The van der Waals surface area contributed by atoms with Gasteiger partial charge in [0.1, 0.15) is 0 Å². The zero-order valence-corrected chi connectivity index (χ0v) is 64.1. The van der Waals surface area contributed by atoms with E-state index in [2.05, 4.69) is 397 Å². The van der Waals surface area contributed by atoms with Crippen molar-refractivity contribution in [1.29, 1.82) is 0 Å². The van der Waals surface area contributed by atoms with Gasteiger partial charge in [0.2, 0.25) is 0 Å². The molecule has 110 heavy (non-hydrogen) atoms. The van der Waals surface area contributed by atoms with Gasteiger partial charge in [0.25, 0.3) is 6.71 Å². The van der Waals surface area contributed by atoms with Gasteiger partial charge in [-0.3, -0.25) is 0 Å². The van der Waals surface area contributed by atoms with Crippen molar-refractivity contribution < 1.29 is 6.85 Å². The molecule has 18 rings (SSSR count). The highest BCUT2D eigenvalue weighted by Crippen LogP contribution is 2.49. The molecule has 0 N–H and O–H groups in total. The number of rotatable bonds is 15. The lowest BCUT2D eigenvalue weighted by atomic mass is 9.33. The smallest absolute Gasteiger partial charge is 0.252 e. The predicted octanol–water partition coefficient (Wildman–Crippen LogP) is 26.1. The molecule has 534 valence electrons. The SMILES string of the molecule is [2H]c1c([2H])c([2H])c(-c2ccc3c(c2)N(c2cc(-c4ccccc4)cc(-c4ccccc4)c2)c2cc(Cn4c5ccccc5c5cc(N(c6ccccc6)c6ccccc6)ccc54)cc4c2B3c2ccc(Cc3cc(C(C)(C)C)cc(C(C)(C)C)c3)cc2N4Cc2c(-c3ccccc3)cc(C(C)(C)C)cc2-c2ccccc2)c([2H])c1[2H]. The van der Waals surface area contributed by atoms with E-state index in [9.17, 15) is 2.74 Å². The van der Waals surface area contributed by atoms with E-state index >= 15 is 0 Å². The Bertz CT molecular complexity index is 6220. The maximum atomic E-state index is 9.63. The Balaban J connectivity index is 0.958. The molecule has 0 amide bonds. The highest BCUT2D eigenvalue weighted by molar-refractivity contribution is 7.00. The Hall–Kier alpha value is -12.4. The molecule has 3 heterocycles. The van der Waals surface area contributed by atoms with Crippen molar-refractivity contribution in [1.82, 2.24) is 4.57 Å². The summed E-state index contributed by atoms with van der Waals surface area (Å²) < 4.78 is 48.9. The maximum Gasteiger partial charge on any atom is 0.252 e. The Morgan fingerprint density at radius 1 is 0.327 bits per heavy atom. The van der Waals surface area contributed by atoms with Crippen molar-refractivity contribution in [2.24, 2.45) is 0 Å². The number of nitrogens with zero attached hydrogens (tertiary/aromatic N) is 4. The van der Waals surface area contributed by atoms with Gasteiger partial charge in [0, 0.05) is 80.4 Å². The number of benzene rings is 15. The summed E-state index contributed by atoms with van der Waals surface area (Å²) >= 11 is 0. The first-order chi connectivity index (χ1) is 55.5. The predicted molar refractivity (Wildman–Crippen MR) is 470 cm³/mol. The summed E-state index contributed by atoms with van der Waals surface area (Å²) in [6.45, 7) is 21.5. The van der Waals surface area contributed by atoms with Crippen LogP contribution in [0, 0.1) is 0 Å². The fourth-order valence-electron chi connectivity index (χ4n) is 16.9. The van der Waals surface area contributed by atoms with Crippen LogP contribution in [-0.2, 0) is 35.8 Å². The molecule has 0 bridgehead atoms. The summed E-state index contributed by atoms with van der Waals surface area (Å²) in [5.41, 5.74) is 31.2. The molecule has 0 unspecified atom stereocenters. The van der Waals surface area contributed by atoms with Crippen molar-refractivity contribution >= 4 is 90.4 Å². The normalized spacial score (nSPS) is 13.3. The van der Waals surface area contributed by atoms with Crippen molar-refractivity contribution in [2.75, 3.05) is 14.7 Å². The van der Waals surface area contributed by atoms with E-state index in [-0.39, 0.29) is 52.7 Å². The lowest BCUT2D eigenvalue weighted by Gasteiger charge is -2.45. The van der Waals surface area contributed by atoms with Gasteiger partial charge in [-0.2, -0.15) is 0 Å².